The Balaban J connectivity index is 2.41. The first-order valence-corrected chi connectivity index (χ1v) is 6.35. The fourth-order valence-electron chi connectivity index (χ4n) is 1.99. The Bertz CT molecular complexity index is 505. The van der Waals surface area contributed by atoms with Gasteiger partial charge in [0.15, 0.2) is 0 Å². The molecule has 17 heavy (non-hydrogen) atoms. The molecular formula is C14H14BrNO. The summed E-state index contributed by atoms with van der Waals surface area (Å²) in [6, 6.07) is 12.0. The maximum atomic E-state index is 11.4. The van der Waals surface area contributed by atoms with Gasteiger partial charge in [0, 0.05) is 28.7 Å². The quantitative estimate of drug-likeness (QED) is 0.911. The molecule has 2 rings (SSSR count). The predicted octanol–water partition coefficient (Wildman–Crippen LogP) is 3.89. The van der Waals surface area contributed by atoms with Crippen molar-refractivity contribution < 1.29 is 4.79 Å². The first-order chi connectivity index (χ1) is 8.18. The van der Waals surface area contributed by atoms with Crippen LogP contribution in [0.3, 0.4) is 0 Å². The molecule has 0 saturated heterocycles. The van der Waals surface area contributed by atoms with E-state index in [2.05, 4.69) is 27.0 Å². The number of aromatic nitrogens is 1. The second-order valence-electron chi connectivity index (χ2n) is 4.11. The summed E-state index contributed by atoms with van der Waals surface area (Å²) in [5.41, 5.74) is 2.22. The highest BCUT2D eigenvalue weighted by atomic mass is 79.9. The molecule has 0 bridgehead atoms. The van der Waals surface area contributed by atoms with Crippen LogP contribution in [-0.2, 0) is 4.79 Å². The van der Waals surface area contributed by atoms with Crippen molar-refractivity contribution in [3.05, 3.63) is 58.3 Å². The average molecular weight is 292 g/mol. The Hall–Kier alpha value is -1.35. The number of aromatic amines is 1. The molecule has 0 radical (unpaired) electrons. The normalized spacial score (nSPS) is 12.4. The van der Waals surface area contributed by atoms with E-state index in [4.69, 9.17) is 0 Å². The third-order valence-electron chi connectivity index (χ3n) is 2.77. The molecule has 3 heteroatoms. The number of halogens is 1. The van der Waals surface area contributed by atoms with Crippen LogP contribution in [-0.4, -0.2) is 10.8 Å². The largest absolute Gasteiger partial charge is 0.364 e. The number of nitrogens with one attached hydrogen (secondary N) is 1. The zero-order valence-electron chi connectivity index (χ0n) is 9.61. The molecule has 0 aliphatic carbocycles. The van der Waals surface area contributed by atoms with Crippen LogP contribution in [0.5, 0.6) is 0 Å². The smallest absolute Gasteiger partial charge is 0.130 e. The van der Waals surface area contributed by atoms with Gasteiger partial charge in [0.1, 0.15) is 5.78 Å². The Morgan fingerprint density at radius 2 is 2.06 bits per heavy atom. The summed E-state index contributed by atoms with van der Waals surface area (Å²) < 4.78 is 1.04. The van der Waals surface area contributed by atoms with Crippen LogP contribution < -0.4 is 0 Å². The third kappa shape index (κ3) is 2.86. The fourth-order valence-corrected chi connectivity index (χ4v) is 2.55. The van der Waals surface area contributed by atoms with E-state index in [1.807, 2.05) is 36.5 Å². The van der Waals surface area contributed by atoms with Crippen molar-refractivity contribution in [2.45, 2.75) is 19.3 Å². The Morgan fingerprint density at radius 3 is 2.65 bits per heavy atom. The van der Waals surface area contributed by atoms with Crippen molar-refractivity contribution in [1.82, 2.24) is 4.98 Å². The summed E-state index contributed by atoms with van der Waals surface area (Å²) in [5.74, 6) is 0.290. The van der Waals surface area contributed by atoms with Crippen LogP contribution >= 0.6 is 15.9 Å². The van der Waals surface area contributed by atoms with Gasteiger partial charge in [0.25, 0.3) is 0 Å². The number of H-pyrrole nitrogens is 1. The highest BCUT2D eigenvalue weighted by molar-refractivity contribution is 9.10. The predicted molar refractivity (Wildman–Crippen MR) is 72.1 cm³/mol. The minimum Gasteiger partial charge on any atom is -0.364 e. The monoisotopic (exact) mass is 291 g/mol. The second-order valence-corrected chi connectivity index (χ2v) is 4.96. The zero-order chi connectivity index (χ0) is 12.3. The van der Waals surface area contributed by atoms with Crippen LogP contribution in [0, 0.1) is 0 Å². The second kappa shape index (κ2) is 5.32. The number of carbonyl (C=O) groups excluding carboxylic acids is 1. The lowest BCUT2D eigenvalue weighted by Crippen LogP contribution is -2.07. The molecule has 0 saturated carbocycles. The summed E-state index contributed by atoms with van der Waals surface area (Å²) in [7, 11) is 0. The van der Waals surface area contributed by atoms with Crippen molar-refractivity contribution in [3.8, 4) is 0 Å². The summed E-state index contributed by atoms with van der Waals surface area (Å²) in [4.78, 5) is 14.6. The minimum absolute atomic E-state index is 0.0954. The molecule has 1 atom stereocenters. The SMILES string of the molecule is CC(=O)CC(c1ccc[nH]1)c1ccccc1Br. The lowest BCUT2D eigenvalue weighted by atomic mass is 9.91. The molecule has 0 aliphatic rings. The maximum Gasteiger partial charge on any atom is 0.130 e. The molecule has 2 nitrogen and oxygen atoms in total. The Kier molecular flexibility index (Phi) is 3.79. The number of ketones is 1. The van der Waals surface area contributed by atoms with Gasteiger partial charge in [-0.3, -0.25) is 4.79 Å². The average Bonchev–Trinajstić information content (AvgIpc) is 2.80. The van der Waals surface area contributed by atoms with Crippen molar-refractivity contribution in [1.29, 1.82) is 0 Å². The van der Waals surface area contributed by atoms with E-state index in [0.29, 0.717) is 6.42 Å². The molecule has 1 unspecified atom stereocenters. The Morgan fingerprint density at radius 1 is 1.29 bits per heavy atom. The van der Waals surface area contributed by atoms with Crippen LogP contribution in [0.15, 0.2) is 47.1 Å². The molecule has 1 N–H and O–H groups in total. The molecule has 0 aliphatic heterocycles. The molecule has 0 spiro atoms. The molecule has 2 aromatic rings. The van der Waals surface area contributed by atoms with E-state index in [0.717, 1.165) is 15.7 Å². The van der Waals surface area contributed by atoms with Crippen molar-refractivity contribution in [2.24, 2.45) is 0 Å². The topological polar surface area (TPSA) is 32.9 Å². The van der Waals surface area contributed by atoms with Gasteiger partial charge in [-0.15, -0.1) is 0 Å². The first kappa shape index (κ1) is 12.1. The van der Waals surface area contributed by atoms with E-state index in [1.165, 1.54) is 0 Å². The number of Topliss-reactive ketones (excluding diaryl/α,β-unsaturated/α-hetero) is 1. The summed E-state index contributed by atoms with van der Waals surface area (Å²) >= 11 is 3.55. The van der Waals surface area contributed by atoms with Gasteiger partial charge < -0.3 is 4.98 Å². The van der Waals surface area contributed by atoms with Gasteiger partial charge in [-0.05, 0) is 30.7 Å². The van der Waals surface area contributed by atoms with E-state index in [1.54, 1.807) is 6.92 Å². The number of carbonyl (C=O) groups is 1. The van der Waals surface area contributed by atoms with Gasteiger partial charge in [-0.1, -0.05) is 34.1 Å². The lowest BCUT2D eigenvalue weighted by Gasteiger charge is -2.16. The maximum absolute atomic E-state index is 11.4. The van der Waals surface area contributed by atoms with Crippen molar-refractivity contribution in [3.63, 3.8) is 0 Å². The van der Waals surface area contributed by atoms with E-state index < -0.39 is 0 Å². The van der Waals surface area contributed by atoms with E-state index in [9.17, 15) is 4.79 Å². The molecule has 1 heterocycles. The highest BCUT2D eigenvalue weighted by Crippen LogP contribution is 2.32. The summed E-state index contributed by atoms with van der Waals surface area (Å²) in [6.07, 6.45) is 2.41. The van der Waals surface area contributed by atoms with Gasteiger partial charge in [0.05, 0.1) is 0 Å². The minimum atomic E-state index is 0.0954. The standard InChI is InChI=1S/C14H14BrNO/c1-10(17)9-12(14-7-4-8-16-14)11-5-2-3-6-13(11)15/h2-8,12,16H,9H2,1H3. The number of rotatable bonds is 4. The van der Waals surface area contributed by atoms with Crippen LogP contribution in [0.4, 0.5) is 0 Å². The summed E-state index contributed by atoms with van der Waals surface area (Å²) in [5, 5.41) is 0. The molecule has 1 aromatic heterocycles. The van der Waals surface area contributed by atoms with Crippen LogP contribution in [0.25, 0.3) is 0 Å². The van der Waals surface area contributed by atoms with Crippen molar-refractivity contribution in [2.75, 3.05) is 0 Å². The van der Waals surface area contributed by atoms with Crippen LogP contribution in [0.2, 0.25) is 0 Å². The highest BCUT2D eigenvalue weighted by Gasteiger charge is 2.18. The van der Waals surface area contributed by atoms with Gasteiger partial charge in [-0.2, -0.15) is 0 Å². The molecule has 0 fully saturated rings. The van der Waals surface area contributed by atoms with Gasteiger partial charge in [-0.25, -0.2) is 0 Å². The number of hydrogen-bond donors (Lipinski definition) is 1. The lowest BCUT2D eigenvalue weighted by molar-refractivity contribution is -0.117. The van der Waals surface area contributed by atoms with Gasteiger partial charge in [0.2, 0.25) is 0 Å². The van der Waals surface area contributed by atoms with Gasteiger partial charge >= 0.3 is 0 Å². The fraction of sp³-hybridized carbons (Fsp3) is 0.214. The molecule has 0 amide bonds. The van der Waals surface area contributed by atoms with Crippen molar-refractivity contribution >= 4 is 21.7 Å². The first-order valence-electron chi connectivity index (χ1n) is 5.55. The molecule has 1 aromatic carbocycles. The van der Waals surface area contributed by atoms with E-state index in [-0.39, 0.29) is 11.7 Å². The number of benzene rings is 1. The Labute approximate surface area is 109 Å². The molecular weight excluding hydrogens is 278 g/mol. The van der Waals surface area contributed by atoms with Crippen LogP contribution in [0.1, 0.15) is 30.5 Å². The third-order valence-corrected chi connectivity index (χ3v) is 3.49. The summed E-state index contributed by atoms with van der Waals surface area (Å²) in [6.45, 7) is 1.63. The van der Waals surface area contributed by atoms with E-state index >= 15 is 0 Å². The molecule has 88 valence electrons. The zero-order valence-corrected chi connectivity index (χ0v) is 11.2. The number of hydrogen-bond acceptors (Lipinski definition) is 1.